The van der Waals surface area contributed by atoms with E-state index in [9.17, 15) is 9.90 Å². The fourth-order valence-electron chi connectivity index (χ4n) is 5.29. The van der Waals surface area contributed by atoms with E-state index in [0.717, 1.165) is 19.3 Å². The number of ketones is 1. The summed E-state index contributed by atoms with van der Waals surface area (Å²) < 4.78 is 0. The molecule has 0 bridgehead atoms. The van der Waals surface area contributed by atoms with Crippen molar-refractivity contribution in [2.45, 2.75) is 59.0 Å². The molecular weight excluding hydrogens is 200 g/mol. The van der Waals surface area contributed by atoms with Crippen molar-refractivity contribution in [3.8, 4) is 0 Å². The van der Waals surface area contributed by atoms with Crippen molar-refractivity contribution in [1.82, 2.24) is 0 Å². The maximum absolute atomic E-state index is 12.4. The normalized spacial score (nSPS) is 54.1. The van der Waals surface area contributed by atoms with Crippen LogP contribution in [0.25, 0.3) is 0 Å². The fourth-order valence-corrected chi connectivity index (χ4v) is 5.29. The molecule has 3 rings (SSSR count). The first-order chi connectivity index (χ1) is 7.34. The zero-order valence-electron chi connectivity index (χ0n) is 10.5. The van der Waals surface area contributed by atoms with Crippen molar-refractivity contribution >= 4 is 5.78 Å². The van der Waals surface area contributed by atoms with Crippen molar-refractivity contribution < 1.29 is 9.90 Å². The van der Waals surface area contributed by atoms with Crippen molar-refractivity contribution in [2.24, 2.45) is 22.2 Å². The van der Waals surface area contributed by atoms with Crippen LogP contribution in [0.2, 0.25) is 0 Å². The van der Waals surface area contributed by atoms with E-state index in [1.54, 1.807) is 0 Å². The molecule has 3 aliphatic rings. The van der Waals surface area contributed by atoms with Gasteiger partial charge < -0.3 is 5.11 Å². The average molecular weight is 222 g/mol. The Morgan fingerprint density at radius 3 is 2.56 bits per heavy atom. The molecule has 16 heavy (non-hydrogen) atoms. The number of aliphatic hydroxyl groups is 1. The van der Waals surface area contributed by atoms with Crippen LogP contribution in [0, 0.1) is 22.2 Å². The summed E-state index contributed by atoms with van der Waals surface area (Å²) in [6.45, 7) is 6.72. The van der Waals surface area contributed by atoms with Gasteiger partial charge in [-0.3, -0.25) is 4.79 Å². The maximum Gasteiger partial charge on any atom is 0.140 e. The lowest BCUT2D eigenvalue weighted by atomic mass is 9.38. The van der Waals surface area contributed by atoms with Gasteiger partial charge in [-0.1, -0.05) is 20.8 Å². The summed E-state index contributed by atoms with van der Waals surface area (Å²) in [6, 6.07) is 0. The van der Waals surface area contributed by atoms with Crippen molar-refractivity contribution in [2.75, 3.05) is 0 Å². The quantitative estimate of drug-likeness (QED) is 0.684. The van der Waals surface area contributed by atoms with Gasteiger partial charge >= 0.3 is 0 Å². The molecule has 90 valence electrons. The first-order valence-corrected chi connectivity index (χ1v) is 6.56. The van der Waals surface area contributed by atoms with Gasteiger partial charge in [0.05, 0.1) is 6.10 Å². The molecule has 1 spiro atoms. The van der Waals surface area contributed by atoms with Crippen LogP contribution in [-0.4, -0.2) is 17.0 Å². The molecule has 3 aliphatic carbocycles. The molecule has 3 saturated carbocycles. The topological polar surface area (TPSA) is 37.3 Å². The smallest absolute Gasteiger partial charge is 0.140 e. The predicted octanol–water partition coefficient (Wildman–Crippen LogP) is 2.54. The van der Waals surface area contributed by atoms with Gasteiger partial charge in [0.15, 0.2) is 0 Å². The van der Waals surface area contributed by atoms with Crippen LogP contribution < -0.4 is 0 Å². The van der Waals surface area contributed by atoms with Crippen molar-refractivity contribution in [3.05, 3.63) is 0 Å². The number of hydrogen-bond donors (Lipinski definition) is 1. The first-order valence-electron chi connectivity index (χ1n) is 6.56. The molecule has 3 fully saturated rings. The van der Waals surface area contributed by atoms with Crippen LogP contribution in [0.3, 0.4) is 0 Å². The largest absolute Gasteiger partial charge is 0.393 e. The maximum atomic E-state index is 12.4. The lowest BCUT2D eigenvalue weighted by Gasteiger charge is -2.64. The Morgan fingerprint density at radius 2 is 1.94 bits per heavy atom. The summed E-state index contributed by atoms with van der Waals surface area (Å²) in [4.78, 5) is 12.4. The zero-order valence-corrected chi connectivity index (χ0v) is 10.5. The van der Waals surface area contributed by atoms with Crippen LogP contribution in [0.1, 0.15) is 52.9 Å². The Balaban J connectivity index is 2.08. The molecule has 2 heteroatoms. The number of carbonyl (C=O) groups is 1. The van der Waals surface area contributed by atoms with E-state index in [4.69, 9.17) is 0 Å². The minimum atomic E-state index is -0.258. The Kier molecular flexibility index (Phi) is 1.83. The van der Waals surface area contributed by atoms with Crippen molar-refractivity contribution in [3.63, 3.8) is 0 Å². The Hall–Kier alpha value is -0.370. The Morgan fingerprint density at radius 1 is 1.25 bits per heavy atom. The molecule has 0 aromatic rings. The third-order valence-corrected chi connectivity index (χ3v) is 6.12. The van der Waals surface area contributed by atoms with Crippen LogP contribution in [-0.2, 0) is 4.79 Å². The van der Waals surface area contributed by atoms with Gasteiger partial charge in [0.25, 0.3) is 0 Å². The van der Waals surface area contributed by atoms with E-state index < -0.39 is 0 Å². The van der Waals surface area contributed by atoms with Gasteiger partial charge in [-0.2, -0.15) is 0 Å². The van der Waals surface area contributed by atoms with E-state index >= 15 is 0 Å². The summed E-state index contributed by atoms with van der Waals surface area (Å²) >= 11 is 0. The van der Waals surface area contributed by atoms with Crippen LogP contribution in [0.15, 0.2) is 0 Å². The molecule has 0 unspecified atom stereocenters. The highest BCUT2D eigenvalue weighted by atomic mass is 16.3. The van der Waals surface area contributed by atoms with Gasteiger partial charge in [-0.05, 0) is 37.0 Å². The lowest BCUT2D eigenvalue weighted by Crippen LogP contribution is -2.65. The van der Waals surface area contributed by atoms with E-state index in [1.165, 1.54) is 0 Å². The van der Waals surface area contributed by atoms with Gasteiger partial charge in [-0.25, -0.2) is 0 Å². The van der Waals surface area contributed by atoms with Gasteiger partial charge in [0.1, 0.15) is 5.78 Å². The molecule has 1 N–H and O–H groups in total. The predicted molar refractivity (Wildman–Crippen MR) is 61.9 cm³/mol. The molecule has 2 nitrogen and oxygen atoms in total. The number of aliphatic hydroxyl groups excluding tert-OH is 1. The summed E-state index contributed by atoms with van der Waals surface area (Å²) in [7, 11) is 0. The van der Waals surface area contributed by atoms with Crippen molar-refractivity contribution in [1.29, 1.82) is 0 Å². The van der Waals surface area contributed by atoms with Gasteiger partial charge in [0.2, 0.25) is 0 Å². The molecule has 4 atom stereocenters. The van der Waals surface area contributed by atoms with E-state index in [1.807, 2.05) is 0 Å². The Labute approximate surface area is 97.4 Å². The molecule has 0 saturated heterocycles. The summed E-state index contributed by atoms with van der Waals surface area (Å²) in [6.07, 6.45) is 4.19. The molecule has 0 aromatic carbocycles. The minimum Gasteiger partial charge on any atom is -0.393 e. The highest BCUT2D eigenvalue weighted by molar-refractivity contribution is 5.89. The first kappa shape index (κ1) is 10.8. The molecule has 0 heterocycles. The second-order valence-electron chi connectivity index (χ2n) is 7.12. The standard InChI is InChI=1S/C14H22O2/c1-12(2)8-14-9(12)6-7-13(14,3)10(15)4-5-11(14)16/h9-10,15H,4-8H2,1-3H3/t9-,10-,13+,14-/m0/s1. The fraction of sp³-hybridized carbons (Fsp3) is 0.929. The number of Topliss-reactive ketones (excluding diaryl/α,β-unsaturated/α-hetero) is 1. The van der Waals surface area contributed by atoms with Crippen LogP contribution >= 0.6 is 0 Å². The summed E-state index contributed by atoms with van der Waals surface area (Å²) in [5.41, 5.74) is 0.0289. The highest BCUT2D eigenvalue weighted by Crippen LogP contribution is 2.76. The van der Waals surface area contributed by atoms with Gasteiger partial charge in [-0.15, -0.1) is 0 Å². The Bertz CT molecular complexity index is 360. The second kappa shape index (κ2) is 2.72. The third kappa shape index (κ3) is 0.883. The van der Waals surface area contributed by atoms with Crippen LogP contribution in [0.5, 0.6) is 0 Å². The lowest BCUT2D eigenvalue weighted by molar-refractivity contribution is -0.199. The molecule has 0 aromatic heterocycles. The molecular formula is C14H22O2. The molecule has 0 amide bonds. The number of rotatable bonds is 0. The average Bonchev–Trinajstić information content (AvgIpc) is 2.45. The van der Waals surface area contributed by atoms with E-state index in [2.05, 4.69) is 20.8 Å². The summed E-state index contributed by atoms with van der Waals surface area (Å²) in [5, 5.41) is 10.3. The monoisotopic (exact) mass is 222 g/mol. The highest BCUT2D eigenvalue weighted by Gasteiger charge is 2.74. The third-order valence-electron chi connectivity index (χ3n) is 6.12. The molecule has 0 radical (unpaired) electrons. The zero-order chi connectivity index (χ0) is 11.8. The van der Waals surface area contributed by atoms with E-state index in [-0.39, 0.29) is 16.9 Å². The molecule has 0 aliphatic heterocycles. The van der Waals surface area contributed by atoms with Gasteiger partial charge in [0, 0.05) is 17.3 Å². The number of hydrogen-bond acceptors (Lipinski definition) is 2. The van der Waals surface area contributed by atoms with Crippen LogP contribution in [0.4, 0.5) is 0 Å². The van der Waals surface area contributed by atoms with E-state index in [0.29, 0.717) is 30.0 Å². The summed E-state index contributed by atoms with van der Waals surface area (Å²) in [5.74, 6) is 0.967. The SMILES string of the molecule is CC1(C)C[C@]23C(=O)CC[C@H](O)[C@@]2(C)CC[C@@H]13. The minimum absolute atomic E-state index is 0.122. The second-order valence-corrected chi connectivity index (χ2v) is 7.12. The number of carbonyl (C=O) groups excluding carboxylic acids is 1.